The van der Waals surface area contributed by atoms with Gasteiger partial charge in [-0.15, -0.1) is 0 Å². The summed E-state index contributed by atoms with van der Waals surface area (Å²) in [4.78, 5) is 29.3. The molecule has 4 rings (SSSR count). The van der Waals surface area contributed by atoms with Crippen LogP contribution in [-0.4, -0.2) is 50.1 Å². The molecule has 1 amide bonds. The summed E-state index contributed by atoms with van der Waals surface area (Å²) in [7, 11) is 0. The van der Waals surface area contributed by atoms with E-state index in [-0.39, 0.29) is 24.5 Å². The smallest absolute Gasteiger partial charge is 0.416 e. The normalized spacial score (nSPS) is 11.5. The van der Waals surface area contributed by atoms with Crippen LogP contribution in [0.4, 0.5) is 4.79 Å². The fourth-order valence-electron chi connectivity index (χ4n) is 3.61. The van der Waals surface area contributed by atoms with E-state index in [9.17, 15) is 24.9 Å². The number of rotatable bonds is 10. The van der Waals surface area contributed by atoms with E-state index >= 15 is 0 Å². The lowest BCUT2D eigenvalue weighted by Crippen LogP contribution is -2.37. The van der Waals surface area contributed by atoms with E-state index in [1.165, 1.54) is 24.3 Å². The van der Waals surface area contributed by atoms with Crippen molar-refractivity contribution in [1.29, 1.82) is 0 Å². The molecular formula is C28H26N2O8. The SMILES string of the molecule is Cc1oc(-c2ccccc2)nc1CC(O)Oc1ccc(CN(CC(=O)O)C(=O)Oc2ccc(O)cc2)cc1. The maximum absolute atomic E-state index is 12.5. The molecule has 38 heavy (non-hydrogen) atoms. The predicted octanol–water partition coefficient (Wildman–Crippen LogP) is 4.38. The number of aliphatic carboxylic acids is 1. The number of oxazole rings is 1. The zero-order valence-electron chi connectivity index (χ0n) is 20.5. The van der Waals surface area contributed by atoms with Gasteiger partial charge in [-0.3, -0.25) is 9.69 Å². The fraction of sp³-hybridized carbons (Fsp3) is 0.179. The van der Waals surface area contributed by atoms with Crippen LogP contribution >= 0.6 is 0 Å². The molecule has 3 aromatic carbocycles. The summed E-state index contributed by atoms with van der Waals surface area (Å²) in [5.74, 6) is 0.396. The molecule has 1 heterocycles. The predicted molar refractivity (Wildman–Crippen MR) is 136 cm³/mol. The van der Waals surface area contributed by atoms with E-state index in [0.29, 0.717) is 28.7 Å². The Morgan fingerprint density at radius 3 is 2.29 bits per heavy atom. The van der Waals surface area contributed by atoms with Crippen molar-refractivity contribution >= 4 is 12.1 Å². The number of carboxylic acids is 1. The highest BCUT2D eigenvalue weighted by molar-refractivity contribution is 5.78. The van der Waals surface area contributed by atoms with Crippen molar-refractivity contribution in [3.63, 3.8) is 0 Å². The molecule has 196 valence electrons. The second kappa shape index (κ2) is 11.9. The number of phenols is 1. The highest BCUT2D eigenvalue weighted by atomic mass is 16.6. The van der Waals surface area contributed by atoms with Gasteiger partial charge in [0.2, 0.25) is 12.2 Å². The Balaban J connectivity index is 1.36. The van der Waals surface area contributed by atoms with E-state index in [1.54, 1.807) is 31.2 Å². The van der Waals surface area contributed by atoms with Crippen LogP contribution in [0.5, 0.6) is 17.2 Å². The molecule has 0 aliphatic carbocycles. The molecule has 0 saturated heterocycles. The zero-order valence-corrected chi connectivity index (χ0v) is 20.5. The first kappa shape index (κ1) is 26.2. The number of amides is 1. The molecule has 1 unspecified atom stereocenters. The monoisotopic (exact) mass is 518 g/mol. The Morgan fingerprint density at radius 2 is 1.63 bits per heavy atom. The molecular weight excluding hydrogens is 492 g/mol. The summed E-state index contributed by atoms with van der Waals surface area (Å²) in [6, 6.07) is 21.4. The van der Waals surface area contributed by atoms with E-state index in [1.807, 2.05) is 30.3 Å². The van der Waals surface area contributed by atoms with Gasteiger partial charge in [0.05, 0.1) is 12.1 Å². The molecule has 4 aromatic rings. The first-order chi connectivity index (χ1) is 18.3. The molecule has 0 saturated carbocycles. The summed E-state index contributed by atoms with van der Waals surface area (Å²) in [5, 5.41) is 29.0. The van der Waals surface area contributed by atoms with Crippen LogP contribution in [0.15, 0.2) is 83.3 Å². The van der Waals surface area contributed by atoms with E-state index in [2.05, 4.69) is 4.98 Å². The molecule has 0 radical (unpaired) electrons. The van der Waals surface area contributed by atoms with Crippen molar-refractivity contribution in [3.05, 3.63) is 95.9 Å². The third-order valence-corrected chi connectivity index (χ3v) is 5.48. The number of phenolic OH excluding ortho intramolecular Hbond substituents is 1. The lowest BCUT2D eigenvalue weighted by Gasteiger charge is -2.20. The summed E-state index contributed by atoms with van der Waals surface area (Å²) >= 11 is 0. The van der Waals surface area contributed by atoms with Gasteiger partial charge in [-0.1, -0.05) is 30.3 Å². The standard InChI is InChI=1S/C28H26N2O8/c1-18-24(29-27(36-18)20-5-3-2-4-6-20)15-26(34)37-22-11-7-19(8-12-22)16-30(17-25(32)33)28(35)38-23-13-9-21(31)10-14-23/h2-14,26,31,34H,15-17H2,1H3,(H,32,33). The number of carbonyl (C=O) groups excluding carboxylic acids is 1. The number of aliphatic hydroxyl groups excluding tert-OH is 1. The van der Waals surface area contributed by atoms with Crippen LogP contribution in [0.1, 0.15) is 17.0 Å². The topological polar surface area (TPSA) is 143 Å². The molecule has 1 atom stereocenters. The quantitative estimate of drug-likeness (QED) is 0.261. The Kier molecular flexibility index (Phi) is 8.24. The highest BCUT2D eigenvalue weighted by Crippen LogP contribution is 2.23. The van der Waals surface area contributed by atoms with Gasteiger partial charge in [0.1, 0.15) is 29.6 Å². The van der Waals surface area contributed by atoms with Crippen molar-refractivity contribution in [2.45, 2.75) is 26.2 Å². The lowest BCUT2D eigenvalue weighted by atomic mass is 10.2. The van der Waals surface area contributed by atoms with E-state index < -0.39 is 24.9 Å². The number of benzene rings is 3. The van der Waals surface area contributed by atoms with Gasteiger partial charge in [0.15, 0.2) is 0 Å². The Hall–Kier alpha value is -4.83. The molecule has 1 aromatic heterocycles. The van der Waals surface area contributed by atoms with Crippen LogP contribution in [0.2, 0.25) is 0 Å². The Labute approximate surface area is 218 Å². The van der Waals surface area contributed by atoms with Gasteiger partial charge < -0.3 is 29.2 Å². The third kappa shape index (κ3) is 7.11. The van der Waals surface area contributed by atoms with Gasteiger partial charge in [-0.25, -0.2) is 9.78 Å². The number of ether oxygens (including phenoxy) is 2. The zero-order chi connectivity index (χ0) is 27.1. The minimum absolute atomic E-state index is 0.00714. The van der Waals surface area contributed by atoms with E-state index in [0.717, 1.165) is 10.5 Å². The number of carbonyl (C=O) groups is 2. The fourth-order valence-corrected chi connectivity index (χ4v) is 3.61. The number of aromatic hydroxyl groups is 1. The molecule has 0 aliphatic heterocycles. The van der Waals surface area contributed by atoms with Crippen molar-refractivity contribution in [2.24, 2.45) is 0 Å². The second-order valence-electron chi connectivity index (χ2n) is 8.42. The van der Waals surface area contributed by atoms with Crippen molar-refractivity contribution in [1.82, 2.24) is 9.88 Å². The van der Waals surface area contributed by atoms with Crippen molar-refractivity contribution < 1.29 is 38.8 Å². The minimum atomic E-state index is -1.20. The van der Waals surface area contributed by atoms with Gasteiger partial charge in [-0.05, 0) is 61.0 Å². The first-order valence-corrected chi connectivity index (χ1v) is 11.7. The van der Waals surface area contributed by atoms with Gasteiger partial charge in [0, 0.05) is 12.1 Å². The molecule has 0 spiro atoms. The largest absolute Gasteiger partial charge is 0.508 e. The molecule has 0 aliphatic rings. The maximum atomic E-state index is 12.5. The lowest BCUT2D eigenvalue weighted by molar-refractivity contribution is -0.138. The number of hydrogen-bond acceptors (Lipinski definition) is 8. The number of aryl methyl sites for hydroxylation is 1. The van der Waals surface area contributed by atoms with Crippen molar-refractivity contribution in [3.8, 4) is 28.7 Å². The van der Waals surface area contributed by atoms with Gasteiger partial charge >= 0.3 is 12.1 Å². The summed E-state index contributed by atoms with van der Waals surface area (Å²) < 4.78 is 16.5. The number of nitrogens with zero attached hydrogens (tertiary/aromatic N) is 2. The number of hydrogen-bond donors (Lipinski definition) is 3. The highest BCUT2D eigenvalue weighted by Gasteiger charge is 2.20. The van der Waals surface area contributed by atoms with Crippen LogP contribution in [0.3, 0.4) is 0 Å². The summed E-state index contributed by atoms with van der Waals surface area (Å²) in [6.45, 7) is 1.16. The number of aliphatic hydroxyl groups is 1. The Bertz CT molecular complexity index is 1370. The summed E-state index contributed by atoms with van der Waals surface area (Å²) in [5.41, 5.74) is 2.02. The van der Waals surface area contributed by atoms with Crippen LogP contribution in [0.25, 0.3) is 11.5 Å². The third-order valence-electron chi connectivity index (χ3n) is 5.48. The van der Waals surface area contributed by atoms with Crippen LogP contribution in [0, 0.1) is 6.92 Å². The summed E-state index contributed by atoms with van der Waals surface area (Å²) in [6.07, 6.45) is -1.93. The number of aromatic nitrogens is 1. The van der Waals surface area contributed by atoms with E-state index in [4.69, 9.17) is 13.9 Å². The minimum Gasteiger partial charge on any atom is -0.508 e. The van der Waals surface area contributed by atoms with Crippen LogP contribution < -0.4 is 9.47 Å². The Morgan fingerprint density at radius 1 is 0.974 bits per heavy atom. The first-order valence-electron chi connectivity index (χ1n) is 11.7. The van der Waals surface area contributed by atoms with Crippen molar-refractivity contribution in [2.75, 3.05) is 6.54 Å². The molecule has 10 nitrogen and oxygen atoms in total. The van der Waals surface area contributed by atoms with Crippen LogP contribution in [-0.2, 0) is 17.8 Å². The molecule has 0 bridgehead atoms. The molecule has 10 heteroatoms. The second-order valence-corrected chi connectivity index (χ2v) is 8.42. The average Bonchev–Trinajstić information content (AvgIpc) is 3.26. The molecule has 3 N–H and O–H groups in total. The maximum Gasteiger partial charge on any atom is 0.416 e. The molecule has 0 fully saturated rings. The van der Waals surface area contributed by atoms with Gasteiger partial charge in [-0.2, -0.15) is 0 Å². The van der Waals surface area contributed by atoms with Gasteiger partial charge in [0.25, 0.3) is 0 Å². The average molecular weight is 519 g/mol. The number of carboxylic acid groups (broad SMARTS) is 1.